The number of nitrogens with zero attached hydrogens (tertiary/aromatic N) is 5. The van der Waals surface area contributed by atoms with Crippen molar-refractivity contribution in [1.82, 2.24) is 20.0 Å². The van der Waals surface area contributed by atoms with Gasteiger partial charge in [0.15, 0.2) is 5.69 Å². The summed E-state index contributed by atoms with van der Waals surface area (Å²) < 4.78 is 53.0. The van der Waals surface area contributed by atoms with E-state index in [0.29, 0.717) is 36.5 Å². The van der Waals surface area contributed by atoms with Crippen molar-refractivity contribution in [2.45, 2.75) is 58.8 Å². The number of alkyl halides is 3. The second-order valence-electron chi connectivity index (χ2n) is 11.5. The highest BCUT2D eigenvalue weighted by Gasteiger charge is 2.36. The van der Waals surface area contributed by atoms with Crippen LogP contribution in [0.15, 0.2) is 78.9 Å². The Morgan fingerprint density at radius 3 is 2.31 bits per heavy atom. The molecule has 256 valence electrons. The molecule has 13 heteroatoms. The van der Waals surface area contributed by atoms with Crippen molar-refractivity contribution in [3.05, 3.63) is 113 Å². The minimum absolute atomic E-state index is 0.0953. The van der Waals surface area contributed by atoms with Crippen LogP contribution in [0.25, 0.3) is 5.69 Å². The molecular weight excluding hydrogens is 640 g/mol. The van der Waals surface area contributed by atoms with E-state index >= 15 is 0 Å². The molecule has 2 unspecified atom stereocenters. The Kier molecular flexibility index (Phi) is 11.6. The molecule has 0 aliphatic carbocycles. The largest absolute Gasteiger partial charge is 0.416 e. The maximum atomic E-state index is 13.7. The first-order valence-electron chi connectivity index (χ1n) is 15.6. The van der Waals surface area contributed by atoms with Crippen molar-refractivity contribution in [3.8, 4) is 11.8 Å². The highest BCUT2D eigenvalue weighted by molar-refractivity contribution is 6.03. The molecule has 49 heavy (non-hydrogen) atoms. The van der Waals surface area contributed by atoms with E-state index < -0.39 is 41.5 Å². The van der Waals surface area contributed by atoms with Gasteiger partial charge in [-0.05, 0) is 83.0 Å². The third kappa shape index (κ3) is 8.51. The number of nitrogens with one attached hydrogen (secondary N) is 1. The summed E-state index contributed by atoms with van der Waals surface area (Å²) in [6, 6.07) is 19.7. The average molecular weight is 677 g/mol. The number of amides is 3. The smallest absolute Gasteiger partial charge is 0.341 e. The van der Waals surface area contributed by atoms with Gasteiger partial charge in [0.2, 0.25) is 5.91 Å². The lowest BCUT2D eigenvalue weighted by molar-refractivity contribution is -0.137. The summed E-state index contributed by atoms with van der Waals surface area (Å²) in [6.45, 7) is 7.30. The zero-order valence-electron chi connectivity index (χ0n) is 27.5. The van der Waals surface area contributed by atoms with Crippen molar-refractivity contribution < 1.29 is 31.9 Å². The van der Waals surface area contributed by atoms with E-state index in [1.54, 1.807) is 50.2 Å². The summed E-state index contributed by atoms with van der Waals surface area (Å²) in [5, 5.41) is 16.6. The number of benzene rings is 3. The maximum absolute atomic E-state index is 13.7. The van der Waals surface area contributed by atoms with Crippen LogP contribution in [0.1, 0.15) is 64.2 Å². The predicted molar refractivity (Wildman–Crippen MR) is 176 cm³/mol. The van der Waals surface area contributed by atoms with Gasteiger partial charge in [-0.1, -0.05) is 42.0 Å². The number of nitriles is 1. The van der Waals surface area contributed by atoms with Crippen molar-refractivity contribution in [3.63, 3.8) is 0 Å². The average Bonchev–Trinajstić information content (AvgIpc) is 3.71. The first-order valence-corrected chi connectivity index (χ1v) is 15.6. The number of rotatable bonds is 7. The Bertz CT molecular complexity index is 1810. The quantitative estimate of drug-likeness (QED) is 0.221. The summed E-state index contributed by atoms with van der Waals surface area (Å²) >= 11 is 0. The molecule has 0 saturated carbocycles. The number of aromatic nitrogens is 2. The molecular formula is C36H36F4N6O3. The Labute approximate surface area is 281 Å². The second kappa shape index (κ2) is 15.6. The van der Waals surface area contributed by atoms with Gasteiger partial charge in [-0.3, -0.25) is 19.3 Å². The zero-order chi connectivity index (χ0) is 35.9. The van der Waals surface area contributed by atoms with Crippen LogP contribution < -0.4 is 10.2 Å². The standard InChI is InChI=1S/C29H29F3N6O3.C7H7F/c1-4-36(27(40)19(3)34-25(39)20-10-8-11-21(16-20)29(30,31)32)26-18(2)24(28(41)37-15-9-14-23(37)17-33)35-38(26)22-12-6-5-7-13-22;1-6-2-4-7(8)5-3-6/h5-8,10-13,16,19,23H,4,9,14-15H2,1-3H3,(H,34,39);2-5H,1H3. The molecule has 0 spiro atoms. The van der Waals surface area contributed by atoms with E-state index in [1.165, 1.54) is 39.6 Å². The second-order valence-corrected chi connectivity index (χ2v) is 11.5. The summed E-state index contributed by atoms with van der Waals surface area (Å²) in [5.74, 6) is -1.68. The molecule has 3 amide bonds. The van der Waals surface area contributed by atoms with Gasteiger partial charge >= 0.3 is 6.18 Å². The molecule has 1 aromatic heterocycles. The van der Waals surface area contributed by atoms with Crippen LogP contribution in [0.3, 0.4) is 0 Å². The van der Waals surface area contributed by atoms with Crippen LogP contribution in [0, 0.1) is 31.0 Å². The van der Waals surface area contributed by atoms with Crippen molar-refractivity contribution in [2.75, 3.05) is 18.0 Å². The fraction of sp³-hybridized carbons (Fsp3) is 0.306. The monoisotopic (exact) mass is 676 g/mol. The number of carbonyl (C=O) groups excluding carboxylic acids is 3. The summed E-state index contributed by atoms with van der Waals surface area (Å²) in [7, 11) is 0. The number of para-hydroxylation sites is 1. The third-order valence-corrected chi connectivity index (χ3v) is 7.98. The molecule has 4 aromatic rings. The minimum Gasteiger partial charge on any atom is -0.341 e. The van der Waals surface area contributed by atoms with Gasteiger partial charge in [-0.2, -0.15) is 23.5 Å². The number of carbonyl (C=O) groups is 3. The molecule has 9 nitrogen and oxygen atoms in total. The lowest BCUT2D eigenvalue weighted by Gasteiger charge is -2.26. The summed E-state index contributed by atoms with van der Waals surface area (Å²) in [5.41, 5.74) is 0.960. The van der Waals surface area contributed by atoms with E-state index in [2.05, 4.69) is 16.5 Å². The van der Waals surface area contributed by atoms with Gasteiger partial charge in [0.25, 0.3) is 11.8 Å². The minimum atomic E-state index is -4.62. The van der Waals surface area contributed by atoms with E-state index in [4.69, 9.17) is 0 Å². The molecule has 1 N–H and O–H groups in total. The topological polar surface area (TPSA) is 111 Å². The summed E-state index contributed by atoms with van der Waals surface area (Å²) in [4.78, 5) is 42.8. The van der Waals surface area contributed by atoms with E-state index in [1.807, 2.05) is 13.0 Å². The number of hydrogen-bond donors (Lipinski definition) is 1. The van der Waals surface area contributed by atoms with Gasteiger partial charge < -0.3 is 10.2 Å². The number of likely N-dealkylation sites (N-methyl/N-ethyl adjacent to an activating group) is 1. The van der Waals surface area contributed by atoms with Crippen molar-refractivity contribution in [2.24, 2.45) is 0 Å². The van der Waals surface area contributed by atoms with Gasteiger partial charge in [-0.15, -0.1) is 0 Å². The fourth-order valence-corrected chi connectivity index (χ4v) is 5.39. The van der Waals surface area contributed by atoms with Gasteiger partial charge in [0, 0.05) is 24.2 Å². The predicted octanol–water partition coefficient (Wildman–Crippen LogP) is 6.63. The lowest BCUT2D eigenvalue weighted by Crippen LogP contribution is -2.48. The third-order valence-electron chi connectivity index (χ3n) is 7.98. The summed E-state index contributed by atoms with van der Waals surface area (Å²) in [6.07, 6.45) is -3.37. The lowest BCUT2D eigenvalue weighted by atomic mass is 10.1. The molecule has 0 bridgehead atoms. The maximum Gasteiger partial charge on any atom is 0.416 e. The van der Waals surface area contributed by atoms with E-state index in [-0.39, 0.29) is 23.6 Å². The van der Waals surface area contributed by atoms with Gasteiger partial charge in [-0.25, -0.2) is 9.07 Å². The first kappa shape index (κ1) is 36.3. The van der Waals surface area contributed by atoms with Crippen LogP contribution in [0.2, 0.25) is 0 Å². The Morgan fingerprint density at radius 1 is 1.04 bits per heavy atom. The number of anilines is 1. The molecule has 1 aliphatic heterocycles. The van der Waals surface area contributed by atoms with Gasteiger partial charge in [0.1, 0.15) is 23.7 Å². The van der Waals surface area contributed by atoms with Crippen LogP contribution >= 0.6 is 0 Å². The van der Waals surface area contributed by atoms with Crippen LogP contribution in [-0.4, -0.2) is 57.6 Å². The number of hydrogen-bond acceptors (Lipinski definition) is 5. The molecule has 1 saturated heterocycles. The van der Waals surface area contributed by atoms with Crippen LogP contribution in [0.4, 0.5) is 23.4 Å². The SMILES string of the molecule is CCN(C(=O)C(C)NC(=O)c1cccc(C(F)(F)F)c1)c1c(C)c(C(=O)N2CCCC2C#N)nn1-c1ccccc1.Cc1ccc(F)cc1. The van der Waals surface area contributed by atoms with Crippen molar-refractivity contribution >= 4 is 23.5 Å². The highest BCUT2D eigenvalue weighted by atomic mass is 19.4. The molecule has 2 heterocycles. The Morgan fingerprint density at radius 2 is 1.71 bits per heavy atom. The molecule has 3 aromatic carbocycles. The fourth-order valence-electron chi connectivity index (χ4n) is 5.39. The molecule has 2 atom stereocenters. The highest BCUT2D eigenvalue weighted by Crippen LogP contribution is 2.31. The molecule has 5 rings (SSSR count). The number of likely N-dealkylation sites (tertiary alicyclic amines) is 1. The van der Waals surface area contributed by atoms with E-state index in [0.717, 1.165) is 23.8 Å². The number of aryl methyl sites for hydroxylation is 1. The zero-order valence-corrected chi connectivity index (χ0v) is 27.5. The Balaban J connectivity index is 0.000000592. The molecule has 1 aliphatic rings. The first-order chi connectivity index (χ1) is 23.3. The van der Waals surface area contributed by atoms with Crippen LogP contribution in [-0.2, 0) is 11.0 Å². The van der Waals surface area contributed by atoms with Gasteiger partial charge in [0.05, 0.1) is 17.3 Å². The molecule has 1 fully saturated rings. The normalized spacial score (nSPS) is 14.7. The van der Waals surface area contributed by atoms with Crippen molar-refractivity contribution in [1.29, 1.82) is 5.26 Å². The van der Waals surface area contributed by atoms with E-state index in [9.17, 15) is 37.2 Å². The molecule has 0 radical (unpaired) electrons. The Hall–Kier alpha value is -5.51. The van der Waals surface area contributed by atoms with Crippen LogP contribution in [0.5, 0.6) is 0 Å². The number of halogens is 4.